The van der Waals surface area contributed by atoms with Crippen LogP contribution in [-0.4, -0.2) is 36.2 Å². The van der Waals surface area contributed by atoms with Gasteiger partial charge in [0.15, 0.2) is 0 Å². The molecular formula is C14H17N3. The Morgan fingerprint density at radius 2 is 2.18 bits per heavy atom. The number of allylic oxidation sites excluding steroid dienone is 1. The van der Waals surface area contributed by atoms with Gasteiger partial charge in [-0.05, 0) is 31.8 Å². The molecule has 3 nitrogen and oxygen atoms in total. The Balaban J connectivity index is 2.20. The van der Waals surface area contributed by atoms with Crippen LogP contribution in [0.5, 0.6) is 0 Å². The van der Waals surface area contributed by atoms with E-state index in [1.54, 1.807) is 6.20 Å². The lowest BCUT2D eigenvalue weighted by atomic mass is 10.1. The lowest BCUT2D eigenvalue weighted by Crippen LogP contribution is -2.14. The van der Waals surface area contributed by atoms with Crippen molar-refractivity contribution in [1.82, 2.24) is 9.88 Å². The van der Waals surface area contributed by atoms with E-state index in [0.717, 1.165) is 24.4 Å². The van der Waals surface area contributed by atoms with E-state index in [1.807, 2.05) is 24.4 Å². The van der Waals surface area contributed by atoms with Crippen LogP contribution in [0.15, 0.2) is 53.3 Å². The highest BCUT2D eigenvalue weighted by molar-refractivity contribution is 6.00. The number of aromatic nitrogens is 1. The van der Waals surface area contributed by atoms with Crippen LogP contribution in [0.2, 0.25) is 0 Å². The van der Waals surface area contributed by atoms with Crippen LogP contribution in [0.25, 0.3) is 0 Å². The third-order valence-corrected chi connectivity index (χ3v) is 2.49. The second kappa shape index (κ2) is 5.55. The Kier molecular flexibility index (Phi) is 3.83. The summed E-state index contributed by atoms with van der Waals surface area (Å²) in [6, 6.07) is 5.91. The molecule has 0 radical (unpaired) electrons. The van der Waals surface area contributed by atoms with E-state index in [-0.39, 0.29) is 0 Å². The summed E-state index contributed by atoms with van der Waals surface area (Å²) in [5.74, 6) is 0. The number of pyridine rings is 1. The van der Waals surface area contributed by atoms with Crippen LogP contribution >= 0.6 is 0 Å². The average molecular weight is 227 g/mol. The van der Waals surface area contributed by atoms with Crippen molar-refractivity contribution in [3.63, 3.8) is 0 Å². The van der Waals surface area contributed by atoms with Gasteiger partial charge in [0.2, 0.25) is 0 Å². The molecule has 0 saturated heterocycles. The third-order valence-electron chi connectivity index (χ3n) is 2.49. The van der Waals surface area contributed by atoms with E-state index in [2.05, 4.69) is 41.1 Å². The Hall–Kier alpha value is -1.74. The summed E-state index contributed by atoms with van der Waals surface area (Å²) in [5.41, 5.74) is 3.20. The van der Waals surface area contributed by atoms with Crippen molar-refractivity contribution in [1.29, 1.82) is 0 Å². The Morgan fingerprint density at radius 3 is 2.88 bits per heavy atom. The standard InChI is InChI=1S/C14H17N3/c1-17(2)11-12-6-5-8-14(16-10-12)13-7-3-4-9-15-13/h3-7,9-10H,8,11H2,1-2H3. The van der Waals surface area contributed by atoms with E-state index in [4.69, 9.17) is 0 Å². The van der Waals surface area contributed by atoms with E-state index >= 15 is 0 Å². The fourth-order valence-corrected chi connectivity index (χ4v) is 1.74. The maximum atomic E-state index is 4.53. The first-order chi connectivity index (χ1) is 8.25. The minimum Gasteiger partial charge on any atom is -0.305 e. The first-order valence-corrected chi connectivity index (χ1v) is 5.74. The molecule has 0 N–H and O–H groups in total. The molecule has 1 aliphatic heterocycles. The van der Waals surface area contributed by atoms with E-state index in [0.29, 0.717) is 0 Å². The van der Waals surface area contributed by atoms with Gasteiger partial charge < -0.3 is 4.90 Å². The Bertz CT molecular complexity index is 456. The van der Waals surface area contributed by atoms with Gasteiger partial charge in [0.1, 0.15) is 0 Å². The molecule has 88 valence electrons. The van der Waals surface area contributed by atoms with Gasteiger partial charge >= 0.3 is 0 Å². The van der Waals surface area contributed by atoms with Crippen LogP contribution in [0.3, 0.4) is 0 Å². The highest BCUT2D eigenvalue weighted by Crippen LogP contribution is 2.10. The first kappa shape index (κ1) is 11.7. The van der Waals surface area contributed by atoms with Gasteiger partial charge in [-0.2, -0.15) is 0 Å². The molecule has 2 heterocycles. The highest BCUT2D eigenvalue weighted by atomic mass is 15.0. The molecule has 17 heavy (non-hydrogen) atoms. The quantitative estimate of drug-likeness (QED) is 0.792. The average Bonchev–Trinajstić information content (AvgIpc) is 2.55. The van der Waals surface area contributed by atoms with Gasteiger partial charge in [-0.25, -0.2) is 0 Å². The molecule has 1 aromatic rings. The van der Waals surface area contributed by atoms with Gasteiger partial charge in [0.25, 0.3) is 0 Å². The third kappa shape index (κ3) is 3.36. The summed E-state index contributed by atoms with van der Waals surface area (Å²) in [6.45, 7) is 0.912. The number of likely N-dealkylation sites (N-methyl/N-ethyl adjacent to an activating group) is 1. The number of rotatable bonds is 3. The molecule has 0 atom stereocenters. The zero-order valence-electron chi connectivity index (χ0n) is 10.3. The molecule has 2 rings (SSSR count). The summed E-state index contributed by atoms with van der Waals surface area (Å²) in [6.07, 6.45) is 8.87. The molecule has 0 saturated carbocycles. The smallest absolute Gasteiger partial charge is 0.0847 e. The summed E-state index contributed by atoms with van der Waals surface area (Å²) in [4.78, 5) is 11.0. The van der Waals surface area contributed by atoms with Crippen LogP contribution in [0.4, 0.5) is 0 Å². The van der Waals surface area contributed by atoms with Gasteiger partial charge in [0.05, 0.1) is 11.4 Å². The summed E-state index contributed by atoms with van der Waals surface area (Å²) >= 11 is 0. The zero-order chi connectivity index (χ0) is 12.1. The van der Waals surface area contributed by atoms with Crippen molar-refractivity contribution in [2.45, 2.75) is 6.42 Å². The largest absolute Gasteiger partial charge is 0.305 e. The molecule has 1 aromatic heterocycles. The van der Waals surface area contributed by atoms with Crippen LogP contribution in [0.1, 0.15) is 12.1 Å². The van der Waals surface area contributed by atoms with E-state index in [1.165, 1.54) is 5.57 Å². The molecular weight excluding hydrogens is 210 g/mol. The topological polar surface area (TPSA) is 28.5 Å². The predicted molar refractivity (Wildman–Crippen MR) is 71.2 cm³/mol. The van der Waals surface area contributed by atoms with Gasteiger partial charge in [0, 0.05) is 25.4 Å². The minimum atomic E-state index is 0.838. The van der Waals surface area contributed by atoms with E-state index in [9.17, 15) is 0 Å². The van der Waals surface area contributed by atoms with Crippen molar-refractivity contribution >= 4 is 5.71 Å². The molecule has 0 amide bonds. The van der Waals surface area contributed by atoms with Crippen LogP contribution in [-0.2, 0) is 0 Å². The zero-order valence-corrected chi connectivity index (χ0v) is 10.3. The van der Waals surface area contributed by atoms with Crippen molar-refractivity contribution in [3.8, 4) is 0 Å². The molecule has 1 aliphatic rings. The lowest BCUT2D eigenvalue weighted by Gasteiger charge is -2.08. The maximum absolute atomic E-state index is 4.53. The number of nitrogens with zero attached hydrogens (tertiary/aromatic N) is 3. The van der Waals surface area contributed by atoms with Crippen molar-refractivity contribution < 1.29 is 0 Å². The molecule has 3 heteroatoms. The minimum absolute atomic E-state index is 0.838. The fraction of sp³-hybridized carbons (Fsp3) is 0.286. The molecule has 0 aromatic carbocycles. The predicted octanol–water partition coefficient (Wildman–Crippen LogP) is 2.28. The fourth-order valence-electron chi connectivity index (χ4n) is 1.74. The van der Waals surface area contributed by atoms with Gasteiger partial charge in [-0.3, -0.25) is 9.98 Å². The maximum Gasteiger partial charge on any atom is 0.0847 e. The van der Waals surface area contributed by atoms with Crippen molar-refractivity contribution in [2.24, 2.45) is 4.99 Å². The van der Waals surface area contributed by atoms with Gasteiger partial charge in [-0.15, -0.1) is 0 Å². The molecule has 0 bridgehead atoms. The van der Waals surface area contributed by atoms with Crippen molar-refractivity contribution in [2.75, 3.05) is 20.6 Å². The second-order valence-electron chi connectivity index (χ2n) is 4.34. The van der Waals surface area contributed by atoms with E-state index < -0.39 is 0 Å². The summed E-state index contributed by atoms with van der Waals surface area (Å²) in [5, 5.41) is 0. The van der Waals surface area contributed by atoms with Crippen molar-refractivity contribution in [3.05, 3.63) is 54.0 Å². The van der Waals surface area contributed by atoms with Crippen LogP contribution in [0, 0.1) is 0 Å². The first-order valence-electron chi connectivity index (χ1n) is 5.74. The molecule has 0 unspecified atom stereocenters. The second-order valence-corrected chi connectivity index (χ2v) is 4.34. The normalized spacial score (nSPS) is 15.5. The number of aliphatic imine (C=N–C) groups is 1. The monoisotopic (exact) mass is 227 g/mol. The van der Waals surface area contributed by atoms with Gasteiger partial charge in [-0.1, -0.05) is 18.2 Å². The number of hydrogen-bond acceptors (Lipinski definition) is 3. The Morgan fingerprint density at radius 1 is 1.29 bits per heavy atom. The molecule has 0 fully saturated rings. The SMILES string of the molecule is CN(C)CC1=CN=C(c2ccccn2)CC=C1. The summed E-state index contributed by atoms with van der Waals surface area (Å²) in [7, 11) is 4.12. The lowest BCUT2D eigenvalue weighted by molar-refractivity contribution is 0.448. The Labute approximate surface area is 102 Å². The van der Waals surface area contributed by atoms with Crippen LogP contribution < -0.4 is 0 Å². The molecule has 0 spiro atoms. The number of hydrogen-bond donors (Lipinski definition) is 0. The highest BCUT2D eigenvalue weighted by Gasteiger charge is 2.05. The molecule has 0 aliphatic carbocycles. The summed E-state index contributed by atoms with van der Waals surface area (Å²) < 4.78 is 0.